The van der Waals surface area contributed by atoms with Crippen LogP contribution in [0.2, 0.25) is 0 Å². The molecule has 1 fully saturated rings. The number of hydrogen-bond donors (Lipinski definition) is 1. The van der Waals surface area contributed by atoms with E-state index in [0.29, 0.717) is 43.4 Å². The number of morpholine rings is 1. The molecule has 1 aromatic heterocycles. The zero-order valence-corrected chi connectivity index (χ0v) is 15.4. The summed E-state index contributed by atoms with van der Waals surface area (Å²) in [7, 11) is 0. The number of amides is 1. The first kappa shape index (κ1) is 18.0. The van der Waals surface area contributed by atoms with Crippen molar-refractivity contribution in [2.75, 3.05) is 31.6 Å². The number of hydrogen-bond acceptors (Lipinski definition) is 5. The Morgan fingerprint density at radius 3 is 2.46 bits per heavy atom. The SMILES string of the molecule is O=C(c1ccc(Nc2ccccc2Oc2ccccc2)nc1)N1CCOCC1. The number of rotatable bonds is 5. The highest BCUT2D eigenvalue weighted by Gasteiger charge is 2.18. The minimum absolute atomic E-state index is 0.0184. The monoisotopic (exact) mass is 375 g/mol. The molecule has 1 saturated heterocycles. The first-order valence-electron chi connectivity index (χ1n) is 9.21. The summed E-state index contributed by atoms with van der Waals surface area (Å²) in [6.07, 6.45) is 1.60. The highest BCUT2D eigenvalue weighted by Crippen LogP contribution is 2.31. The summed E-state index contributed by atoms with van der Waals surface area (Å²) in [5.74, 6) is 2.08. The van der Waals surface area contributed by atoms with Crippen LogP contribution in [0.15, 0.2) is 72.9 Å². The molecule has 6 nitrogen and oxygen atoms in total. The standard InChI is InChI=1S/C22H21N3O3/c26-22(25-12-14-27-15-13-25)17-10-11-21(23-16-17)24-19-8-4-5-9-20(19)28-18-6-2-1-3-7-18/h1-11,16H,12-15H2,(H,23,24). The van der Waals surface area contributed by atoms with Crippen LogP contribution in [0.1, 0.15) is 10.4 Å². The number of para-hydroxylation sites is 3. The summed E-state index contributed by atoms with van der Waals surface area (Å²) in [6, 6.07) is 20.9. The third kappa shape index (κ3) is 4.29. The van der Waals surface area contributed by atoms with Crippen molar-refractivity contribution in [2.45, 2.75) is 0 Å². The van der Waals surface area contributed by atoms with Crippen LogP contribution in [0.3, 0.4) is 0 Å². The lowest BCUT2D eigenvalue weighted by Gasteiger charge is -2.26. The van der Waals surface area contributed by atoms with E-state index in [4.69, 9.17) is 9.47 Å². The normalized spacial score (nSPS) is 13.8. The van der Waals surface area contributed by atoms with Crippen LogP contribution in [0.5, 0.6) is 11.5 Å². The van der Waals surface area contributed by atoms with Crippen LogP contribution in [-0.4, -0.2) is 42.1 Å². The summed E-state index contributed by atoms with van der Waals surface area (Å²) in [5.41, 5.74) is 1.37. The van der Waals surface area contributed by atoms with Crippen molar-refractivity contribution in [3.05, 3.63) is 78.5 Å². The van der Waals surface area contributed by atoms with E-state index in [1.54, 1.807) is 23.2 Å². The molecule has 28 heavy (non-hydrogen) atoms. The van der Waals surface area contributed by atoms with Gasteiger partial charge in [0.1, 0.15) is 11.6 Å². The van der Waals surface area contributed by atoms with Gasteiger partial charge in [-0.2, -0.15) is 0 Å². The maximum atomic E-state index is 12.5. The second-order valence-corrected chi connectivity index (χ2v) is 6.37. The van der Waals surface area contributed by atoms with E-state index < -0.39 is 0 Å². The van der Waals surface area contributed by atoms with E-state index in [1.165, 1.54) is 0 Å². The van der Waals surface area contributed by atoms with E-state index >= 15 is 0 Å². The van der Waals surface area contributed by atoms with Crippen LogP contribution in [0.4, 0.5) is 11.5 Å². The minimum Gasteiger partial charge on any atom is -0.455 e. The average Bonchev–Trinajstić information content (AvgIpc) is 2.76. The zero-order chi connectivity index (χ0) is 19.2. The number of nitrogens with one attached hydrogen (secondary N) is 1. The number of ether oxygens (including phenoxy) is 2. The largest absolute Gasteiger partial charge is 0.455 e. The number of carbonyl (C=O) groups excluding carboxylic acids is 1. The van der Waals surface area contributed by atoms with Gasteiger partial charge in [0, 0.05) is 19.3 Å². The van der Waals surface area contributed by atoms with Crippen LogP contribution < -0.4 is 10.1 Å². The molecule has 2 aromatic carbocycles. The van der Waals surface area contributed by atoms with E-state index in [1.807, 2.05) is 54.6 Å². The van der Waals surface area contributed by atoms with Gasteiger partial charge in [0.15, 0.2) is 5.75 Å². The highest BCUT2D eigenvalue weighted by molar-refractivity contribution is 5.94. The van der Waals surface area contributed by atoms with Gasteiger partial charge < -0.3 is 19.7 Å². The predicted octanol–water partition coefficient (Wildman–Crippen LogP) is 4.09. The third-order valence-electron chi connectivity index (χ3n) is 4.43. The molecule has 2 heterocycles. The fraction of sp³-hybridized carbons (Fsp3) is 0.182. The Bertz CT molecular complexity index is 923. The molecule has 4 rings (SSSR count). The Morgan fingerprint density at radius 2 is 1.71 bits per heavy atom. The minimum atomic E-state index is -0.0184. The molecule has 1 aliphatic heterocycles. The van der Waals surface area contributed by atoms with Gasteiger partial charge in [-0.1, -0.05) is 30.3 Å². The molecular formula is C22H21N3O3. The van der Waals surface area contributed by atoms with Gasteiger partial charge in [0.05, 0.1) is 24.5 Å². The molecule has 0 saturated carbocycles. The maximum absolute atomic E-state index is 12.5. The molecule has 6 heteroatoms. The predicted molar refractivity (Wildman–Crippen MR) is 107 cm³/mol. The van der Waals surface area contributed by atoms with Gasteiger partial charge in [-0.05, 0) is 36.4 Å². The number of benzene rings is 2. The first-order valence-corrected chi connectivity index (χ1v) is 9.21. The number of carbonyl (C=O) groups is 1. The lowest BCUT2D eigenvalue weighted by atomic mass is 10.2. The Hall–Kier alpha value is -3.38. The van der Waals surface area contributed by atoms with Gasteiger partial charge in [0.2, 0.25) is 0 Å². The van der Waals surface area contributed by atoms with Crippen LogP contribution in [0.25, 0.3) is 0 Å². The quantitative estimate of drug-likeness (QED) is 0.728. The summed E-state index contributed by atoms with van der Waals surface area (Å²) < 4.78 is 11.3. The summed E-state index contributed by atoms with van der Waals surface area (Å²) in [5, 5.41) is 3.26. The Morgan fingerprint density at radius 1 is 0.964 bits per heavy atom. The van der Waals surface area contributed by atoms with Gasteiger partial charge in [-0.3, -0.25) is 4.79 Å². The topological polar surface area (TPSA) is 63.7 Å². The molecule has 1 amide bonds. The smallest absolute Gasteiger partial charge is 0.255 e. The average molecular weight is 375 g/mol. The van der Waals surface area contributed by atoms with E-state index in [9.17, 15) is 4.79 Å². The molecule has 1 N–H and O–H groups in total. The lowest BCUT2D eigenvalue weighted by Crippen LogP contribution is -2.40. The van der Waals surface area contributed by atoms with Crippen molar-refractivity contribution in [3.8, 4) is 11.5 Å². The Kier molecular flexibility index (Phi) is 5.49. The van der Waals surface area contributed by atoms with Crippen molar-refractivity contribution < 1.29 is 14.3 Å². The summed E-state index contributed by atoms with van der Waals surface area (Å²) in [6.45, 7) is 2.39. The highest BCUT2D eigenvalue weighted by atomic mass is 16.5. The molecule has 0 atom stereocenters. The molecule has 0 radical (unpaired) electrons. The fourth-order valence-corrected chi connectivity index (χ4v) is 2.96. The molecule has 142 valence electrons. The molecule has 0 bridgehead atoms. The van der Waals surface area contributed by atoms with Crippen molar-refractivity contribution in [1.82, 2.24) is 9.88 Å². The lowest BCUT2D eigenvalue weighted by molar-refractivity contribution is 0.0302. The van der Waals surface area contributed by atoms with E-state index in [0.717, 1.165) is 11.4 Å². The molecule has 3 aromatic rings. The number of aromatic nitrogens is 1. The Balaban J connectivity index is 1.47. The van der Waals surface area contributed by atoms with Gasteiger partial charge in [-0.25, -0.2) is 4.98 Å². The van der Waals surface area contributed by atoms with Crippen molar-refractivity contribution in [2.24, 2.45) is 0 Å². The number of nitrogens with zero attached hydrogens (tertiary/aromatic N) is 2. The van der Waals surface area contributed by atoms with Gasteiger partial charge >= 0.3 is 0 Å². The van der Waals surface area contributed by atoms with Gasteiger partial charge in [-0.15, -0.1) is 0 Å². The second-order valence-electron chi connectivity index (χ2n) is 6.37. The Labute approximate surface area is 163 Å². The third-order valence-corrected chi connectivity index (χ3v) is 4.43. The van der Waals surface area contributed by atoms with Crippen molar-refractivity contribution in [1.29, 1.82) is 0 Å². The molecule has 0 aliphatic carbocycles. The van der Waals surface area contributed by atoms with Crippen LogP contribution >= 0.6 is 0 Å². The summed E-state index contributed by atoms with van der Waals surface area (Å²) in [4.78, 5) is 18.7. The van der Waals surface area contributed by atoms with Gasteiger partial charge in [0.25, 0.3) is 5.91 Å². The van der Waals surface area contributed by atoms with E-state index in [2.05, 4.69) is 10.3 Å². The number of pyridine rings is 1. The summed E-state index contributed by atoms with van der Waals surface area (Å²) >= 11 is 0. The first-order chi connectivity index (χ1) is 13.8. The molecular weight excluding hydrogens is 354 g/mol. The van der Waals surface area contributed by atoms with Crippen molar-refractivity contribution in [3.63, 3.8) is 0 Å². The fourth-order valence-electron chi connectivity index (χ4n) is 2.96. The van der Waals surface area contributed by atoms with E-state index in [-0.39, 0.29) is 5.91 Å². The number of anilines is 2. The maximum Gasteiger partial charge on any atom is 0.255 e. The molecule has 0 unspecified atom stereocenters. The molecule has 1 aliphatic rings. The van der Waals surface area contributed by atoms with Crippen molar-refractivity contribution >= 4 is 17.4 Å². The second kappa shape index (κ2) is 8.54. The van der Waals surface area contributed by atoms with Crippen LogP contribution in [0, 0.1) is 0 Å². The molecule has 0 spiro atoms. The zero-order valence-electron chi connectivity index (χ0n) is 15.4. The van der Waals surface area contributed by atoms with Crippen LogP contribution in [-0.2, 0) is 4.74 Å².